The third-order valence-electron chi connectivity index (χ3n) is 3.45. The maximum Gasteiger partial charge on any atom is 0.745 e. The summed E-state index contributed by atoms with van der Waals surface area (Å²) in [6.07, 6.45) is -0.430. The van der Waals surface area contributed by atoms with Gasteiger partial charge in [-0.1, -0.05) is 0 Å². The van der Waals surface area contributed by atoms with E-state index in [9.17, 15) is 14.4 Å². The van der Waals surface area contributed by atoms with Crippen molar-refractivity contribution in [2.45, 2.75) is 33.9 Å². The van der Waals surface area contributed by atoms with E-state index in [4.69, 9.17) is 38.5 Å². The number of halogens is 1. The van der Waals surface area contributed by atoms with Crippen molar-refractivity contribution in [1.82, 2.24) is 0 Å². The second kappa shape index (κ2) is 8.94. The highest BCUT2D eigenvalue weighted by atomic mass is 35.5. The molecule has 0 fully saturated rings. The molecule has 0 bridgehead atoms. The van der Waals surface area contributed by atoms with Gasteiger partial charge in [0, 0.05) is 26.3 Å². The molecule has 0 spiro atoms. The summed E-state index contributed by atoms with van der Waals surface area (Å²) in [6.45, 7) is 5.51. The summed E-state index contributed by atoms with van der Waals surface area (Å²) in [6, 6.07) is 5.01. The molecule has 1 aliphatic heterocycles. The molecule has 0 N–H and O–H groups in total. The van der Waals surface area contributed by atoms with Gasteiger partial charge in [0.2, 0.25) is 0 Å². The largest absolute Gasteiger partial charge is 0.745 e. The number of hydrogen-bond donors (Lipinski definition) is 0. The standard InChI is InChI=1S/C16H21ClO9Si2/c1-11(18)23-28(24-12(2)19,25-13(3)20)10-21-15-5-6-16-14(7-15)8-22-27(4,9-17)26-16/h5-7H,8-10H2,1-4H3. The third kappa shape index (κ3) is 5.96. The summed E-state index contributed by atoms with van der Waals surface area (Å²) in [7, 11) is -6.50. The Morgan fingerprint density at radius 3 is 2.18 bits per heavy atom. The molecule has 12 heteroatoms. The number of carbonyl (C=O) groups is 3. The minimum Gasteiger partial charge on any atom is -0.519 e. The zero-order chi connectivity index (χ0) is 20.9. The van der Waals surface area contributed by atoms with E-state index in [1.165, 1.54) is 0 Å². The van der Waals surface area contributed by atoms with Gasteiger partial charge in [-0.05, 0) is 24.7 Å². The molecule has 1 aliphatic rings. The van der Waals surface area contributed by atoms with Crippen molar-refractivity contribution in [2.75, 3.05) is 11.7 Å². The fraction of sp³-hybridized carbons (Fsp3) is 0.438. The summed E-state index contributed by atoms with van der Waals surface area (Å²) < 4.78 is 32.4. The molecule has 9 nitrogen and oxygen atoms in total. The molecule has 0 saturated carbocycles. The molecule has 1 aromatic rings. The van der Waals surface area contributed by atoms with Gasteiger partial charge in [-0.2, -0.15) is 0 Å². The summed E-state index contributed by atoms with van der Waals surface area (Å²) in [5, 5.41) is 0. The molecule has 154 valence electrons. The summed E-state index contributed by atoms with van der Waals surface area (Å²) >= 11 is 5.91. The highest BCUT2D eigenvalue weighted by Crippen LogP contribution is 2.32. The maximum absolute atomic E-state index is 11.4. The molecule has 0 radical (unpaired) electrons. The molecule has 28 heavy (non-hydrogen) atoms. The fourth-order valence-corrected chi connectivity index (χ4v) is 6.07. The molecular formula is C16H21ClO9Si2. The van der Waals surface area contributed by atoms with Gasteiger partial charge < -0.3 is 26.9 Å². The van der Waals surface area contributed by atoms with Crippen LogP contribution in [0.2, 0.25) is 6.55 Å². The van der Waals surface area contributed by atoms with Crippen LogP contribution >= 0.6 is 11.6 Å². The van der Waals surface area contributed by atoms with Gasteiger partial charge >= 0.3 is 17.4 Å². The van der Waals surface area contributed by atoms with Crippen molar-refractivity contribution in [3.63, 3.8) is 0 Å². The Morgan fingerprint density at radius 2 is 1.68 bits per heavy atom. The molecule has 0 amide bonds. The van der Waals surface area contributed by atoms with E-state index >= 15 is 0 Å². The van der Waals surface area contributed by atoms with E-state index in [0.717, 1.165) is 26.3 Å². The number of ether oxygens (including phenoxy) is 1. The number of benzene rings is 1. The van der Waals surface area contributed by atoms with Crippen LogP contribution < -0.4 is 9.16 Å². The van der Waals surface area contributed by atoms with Gasteiger partial charge in [0.1, 0.15) is 11.5 Å². The van der Waals surface area contributed by atoms with Gasteiger partial charge in [-0.25, -0.2) is 0 Å². The van der Waals surface area contributed by atoms with Gasteiger partial charge in [-0.3, -0.25) is 14.4 Å². The van der Waals surface area contributed by atoms with Crippen molar-refractivity contribution in [1.29, 1.82) is 0 Å². The Morgan fingerprint density at radius 1 is 1.11 bits per heavy atom. The molecule has 1 atom stereocenters. The number of rotatable bonds is 7. The first-order valence-electron chi connectivity index (χ1n) is 8.30. The lowest BCUT2D eigenvalue weighted by Gasteiger charge is -2.32. The monoisotopic (exact) mass is 448 g/mol. The molecule has 0 aliphatic carbocycles. The minimum atomic E-state index is -4.08. The van der Waals surface area contributed by atoms with Crippen molar-refractivity contribution in [2.24, 2.45) is 0 Å². The van der Waals surface area contributed by atoms with E-state index in [0.29, 0.717) is 23.6 Å². The van der Waals surface area contributed by atoms with Crippen molar-refractivity contribution in [3.8, 4) is 11.5 Å². The van der Waals surface area contributed by atoms with Crippen LogP contribution in [0.4, 0.5) is 0 Å². The van der Waals surface area contributed by atoms with Crippen LogP contribution in [-0.4, -0.2) is 47.0 Å². The molecule has 0 aromatic heterocycles. The molecule has 1 heterocycles. The zero-order valence-electron chi connectivity index (χ0n) is 15.9. The Balaban J connectivity index is 2.19. The van der Waals surface area contributed by atoms with E-state index in [-0.39, 0.29) is 0 Å². The van der Waals surface area contributed by atoms with Gasteiger partial charge in [0.25, 0.3) is 17.9 Å². The molecular weight excluding hydrogens is 428 g/mol. The Kier molecular flexibility index (Phi) is 7.09. The quantitative estimate of drug-likeness (QED) is 0.457. The normalized spacial score (nSPS) is 18.3. The predicted molar refractivity (Wildman–Crippen MR) is 101 cm³/mol. The summed E-state index contributed by atoms with van der Waals surface area (Å²) in [5.41, 5.74) is 1.04. The molecule has 0 saturated heterocycles. The maximum atomic E-state index is 11.4. The second-order valence-electron chi connectivity index (χ2n) is 6.18. The molecule has 1 aromatic carbocycles. The van der Waals surface area contributed by atoms with Crippen LogP contribution in [0.25, 0.3) is 0 Å². The van der Waals surface area contributed by atoms with Crippen LogP contribution in [0.15, 0.2) is 18.2 Å². The van der Waals surface area contributed by atoms with Crippen LogP contribution in [0.5, 0.6) is 11.5 Å². The van der Waals surface area contributed by atoms with Crippen LogP contribution in [0.3, 0.4) is 0 Å². The SMILES string of the molecule is CC(=O)O[Si](COc1ccc2c(c1)CO[Si](C)(CCl)O2)(OC(C)=O)OC(C)=O. The lowest BCUT2D eigenvalue weighted by molar-refractivity contribution is -0.148. The Bertz CT molecular complexity index is 732. The third-order valence-corrected chi connectivity index (χ3v) is 9.09. The number of fused-ring (bicyclic) bond motifs is 1. The Hall–Kier alpha value is -2.09. The summed E-state index contributed by atoms with van der Waals surface area (Å²) in [5.74, 6) is -1.29. The number of alkyl halides is 1. The highest BCUT2D eigenvalue weighted by molar-refractivity contribution is 6.74. The van der Waals surface area contributed by atoms with Crippen LogP contribution in [0.1, 0.15) is 26.3 Å². The smallest absolute Gasteiger partial charge is 0.519 e. The lowest BCUT2D eigenvalue weighted by Crippen LogP contribution is -2.54. The minimum absolute atomic E-state index is 0.298. The van der Waals surface area contributed by atoms with E-state index in [1.807, 2.05) is 6.55 Å². The first-order chi connectivity index (χ1) is 13.1. The number of hydrogen-bond acceptors (Lipinski definition) is 9. The number of carbonyl (C=O) groups excluding carboxylic acids is 3. The van der Waals surface area contributed by atoms with Crippen LogP contribution in [0, 0.1) is 0 Å². The molecule has 1 unspecified atom stereocenters. The van der Waals surface area contributed by atoms with E-state index in [2.05, 4.69) is 0 Å². The first-order valence-corrected chi connectivity index (χ1v) is 13.3. The van der Waals surface area contributed by atoms with Gasteiger partial charge in [0.15, 0.2) is 6.23 Å². The second-order valence-corrected chi connectivity index (χ2v) is 12.3. The van der Waals surface area contributed by atoms with Crippen LogP contribution in [-0.2, 0) is 38.7 Å². The van der Waals surface area contributed by atoms with E-state index < -0.39 is 41.5 Å². The van der Waals surface area contributed by atoms with Crippen molar-refractivity contribution < 1.29 is 41.3 Å². The zero-order valence-corrected chi connectivity index (χ0v) is 18.7. The van der Waals surface area contributed by atoms with Crippen molar-refractivity contribution in [3.05, 3.63) is 23.8 Å². The Labute approximate surface area is 169 Å². The average Bonchev–Trinajstić information content (AvgIpc) is 2.58. The fourth-order valence-electron chi connectivity index (χ4n) is 2.40. The van der Waals surface area contributed by atoms with Crippen molar-refractivity contribution >= 4 is 46.9 Å². The topological polar surface area (TPSA) is 107 Å². The lowest BCUT2D eigenvalue weighted by atomic mass is 10.2. The van der Waals surface area contributed by atoms with Gasteiger partial charge in [-0.15, -0.1) is 11.6 Å². The van der Waals surface area contributed by atoms with E-state index in [1.54, 1.807) is 18.2 Å². The highest BCUT2D eigenvalue weighted by Gasteiger charge is 2.53. The first kappa shape index (κ1) is 22.2. The molecule has 2 rings (SSSR count). The summed E-state index contributed by atoms with van der Waals surface area (Å²) in [4.78, 5) is 34.3. The van der Waals surface area contributed by atoms with Gasteiger partial charge in [0.05, 0.1) is 12.1 Å². The predicted octanol–water partition coefficient (Wildman–Crippen LogP) is 1.99. The average molecular weight is 449 g/mol.